The third-order valence-electron chi connectivity index (χ3n) is 3.90. The number of carbonyl (C=O) groups is 1. The first kappa shape index (κ1) is 15.4. The van der Waals surface area contributed by atoms with Crippen LogP contribution in [0.3, 0.4) is 0 Å². The highest BCUT2D eigenvalue weighted by Crippen LogP contribution is 2.32. The molecule has 5 nitrogen and oxygen atoms in total. The van der Waals surface area contributed by atoms with E-state index in [4.69, 9.17) is 0 Å². The van der Waals surface area contributed by atoms with E-state index in [-0.39, 0.29) is 11.3 Å². The van der Waals surface area contributed by atoms with Crippen molar-refractivity contribution in [3.05, 3.63) is 5.01 Å². The lowest BCUT2D eigenvalue weighted by atomic mass is 9.77. The normalized spacial score (nSPS) is 23.0. The number of rotatable bonds is 5. The first-order valence-corrected chi connectivity index (χ1v) is 8.22. The topological polar surface area (TPSA) is 66.9 Å². The van der Waals surface area contributed by atoms with Crippen molar-refractivity contribution in [1.82, 2.24) is 15.5 Å². The van der Waals surface area contributed by atoms with Gasteiger partial charge >= 0.3 is 0 Å². The average Bonchev–Trinajstić information content (AvgIpc) is 2.85. The van der Waals surface area contributed by atoms with Gasteiger partial charge in [0.25, 0.3) is 0 Å². The first-order valence-electron chi connectivity index (χ1n) is 7.40. The molecule has 1 aromatic rings. The molecule has 1 saturated heterocycles. The molecule has 0 spiro atoms. The molecular weight excluding hydrogens is 272 g/mol. The van der Waals surface area contributed by atoms with Gasteiger partial charge in [-0.2, -0.15) is 0 Å². The summed E-state index contributed by atoms with van der Waals surface area (Å²) in [6, 6.07) is 0. The summed E-state index contributed by atoms with van der Waals surface area (Å²) < 4.78 is 0. The summed E-state index contributed by atoms with van der Waals surface area (Å²) in [5.41, 5.74) is -0.290. The number of nitrogens with zero attached hydrogens (tertiary/aromatic N) is 2. The molecule has 0 aromatic carbocycles. The van der Waals surface area contributed by atoms with Crippen molar-refractivity contribution in [3.8, 4) is 0 Å². The van der Waals surface area contributed by atoms with Crippen LogP contribution in [-0.2, 0) is 11.2 Å². The van der Waals surface area contributed by atoms with Gasteiger partial charge in [0.15, 0.2) is 0 Å². The van der Waals surface area contributed by atoms with Gasteiger partial charge in [0, 0.05) is 13.0 Å². The van der Waals surface area contributed by atoms with Crippen LogP contribution in [0.25, 0.3) is 0 Å². The van der Waals surface area contributed by atoms with Gasteiger partial charge in [-0.15, -0.1) is 10.2 Å². The molecule has 1 unspecified atom stereocenters. The molecule has 0 aliphatic carbocycles. The van der Waals surface area contributed by atoms with Crippen molar-refractivity contribution >= 4 is 22.4 Å². The first-order chi connectivity index (χ1) is 9.55. The largest absolute Gasteiger partial charge is 0.316 e. The molecule has 1 aromatic heterocycles. The molecule has 2 rings (SSSR count). The number of hydrogen-bond donors (Lipinski definition) is 2. The minimum atomic E-state index is -0.290. The maximum atomic E-state index is 12.5. The lowest BCUT2D eigenvalue weighted by Crippen LogP contribution is -2.47. The minimum Gasteiger partial charge on any atom is -0.316 e. The van der Waals surface area contributed by atoms with Crippen molar-refractivity contribution in [2.45, 2.75) is 46.5 Å². The van der Waals surface area contributed by atoms with Crippen LogP contribution >= 0.6 is 11.3 Å². The van der Waals surface area contributed by atoms with Gasteiger partial charge in [-0.05, 0) is 31.7 Å². The summed E-state index contributed by atoms with van der Waals surface area (Å²) in [5.74, 6) is 0.635. The number of anilines is 1. The Hall–Kier alpha value is -1.01. The van der Waals surface area contributed by atoms with Crippen molar-refractivity contribution in [2.24, 2.45) is 11.3 Å². The quantitative estimate of drug-likeness (QED) is 0.876. The molecule has 0 saturated carbocycles. The minimum absolute atomic E-state index is 0.0828. The summed E-state index contributed by atoms with van der Waals surface area (Å²) in [6.45, 7) is 8.15. The fourth-order valence-electron chi connectivity index (χ4n) is 2.59. The van der Waals surface area contributed by atoms with Gasteiger partial charge in [0.1, 0.15) is 5.01 Å². The number of hydrogen-bond acceptors (Lipinski definition) is 5. The molecule has 2 N–H and O–H groups in total. The summed E-state index contributed by atoms with van der Waals surface area (Å²) in [7, 11) is 0. The molecule has 6 heteroatoms. The van der Waals surface area contributed by atoms with Crippen molar-refractivity contribution in [1.29, 1.82) is 0 Å². The van der Waals surface area contributed by atoms with E-state index in [1.54, 1.807) is 0 Å². The van der Waals surface area contributed by atoms with Crippen LogP contribution in [0.1, 0.15) is 45.0 Å². The van der Waals surface area contributed by atoms with E-state index < -0.39 is 0 Å². The fraction of sp³-hybridized carbons (Fsp3) is 0.786. The standard InChI is InChI=1S/C14H24N4OS/c1-4-14(6-5-7-15-9-14)12(19)16-13-18-17-11(20-13)8-10(2)3/h10,15H,4-9H2,1-3H3,(H,16,18,19). The summed E-state index contributed by atoms with van der Waals surface area (Å²) in [5, 5.41) is 16.1. The third-order valence-corrected chi connectivity index (χ3v) is 4.76. The lowest BCUT2D eigenvalue weighted by Gasteiger charge is -2.34. The molecule has 112 valence electrons. The zero-order chi connectivity index (χ0) is 14.6. The highest BCUT2D eigenvalue weighted by atomic mass is 32.1. The zero-order valence-corrected chi connectivity index (χ0v) is 13.3. The predicted molar refractivity (Wildman–Crippen MR) is 81.9 cm³/mol. The molecule has 20 heavy (non-hydrogen) atoms. The highest BCUT2D eigenvalue weighted by Gasteiger charge is 2.38. The molecular formula is C14H24N4OS. The van der Waals surface area contributed by atoms with E-state index in [2.05, 4.69) is 41.6 Å². The van der Waals surface area contributed by atoms with Crippen molar-refractivity contribution in [3.63, 3.8) is 0 Å². The number of nitrogens with one attached hydrogen (secondary N) is 2. The number of piperidine rings is 1. The third kappa shape index (κ3) is 3.55. The molecule has 1 fully saturated rings. The molecule has 0 radical (unpaired) electrons. The van der Waals surface area contributed by atoms with Gasteiger partial charge < -0.3 is 5.32 Å². The number of carbonyl (C=O) groups excluding carboxylic acids is 1. The highest BCUT2D eigenvalue weighted by molar-refractivity contribution is 7.15. The van der Waals surface area contributed by atoms with Crippen LogP contribution in [0.4, 0.5) is 5.13 Å². The van der Waals surface area contributed by atoms with Crippen LogP contribution in [0.15, 0.2) is 0 Å². The molecule has 2 heterocycles. The Labute approximate surface area is 124 Å². The number of amides is 1. The Bertz CT molecular complexity index is 452. The van der Waals surface area contributed by atoms with E-state index in [1.165, 1.54) is 11.3 Å². The smallest absolute Gasteiger partial charge is 0.233 e. The van der Waals surface area contributed by atoms with Crippen LogP contribution in [-0.4, -0.2) is 29.2 Å². The SMILES string of the molecule is CCC1(C(=O)Nc2nnc(CC(C)C)s2)CCCNC1. The Balaban J connectivity index is 2.01. The summed E-state index contributed by atoms with van der Waals surface area (Å²) in [6.07, 6.45) is 3.76. The second-order valence-electron chi connectivity index (χ2n) is 5.97. The number of aromatic nitrogens is 2. The molecule has 1 aliphatic rings. The monoisotopic (exact) mass is 296 g/mol. The maximum Gasteiger partial charge on any atom is 0.233 e. The van der Waals surface area contributed by atoms with Crippen molar-refractivity contribution in [2.75, 3.05) is 18.4 Å². The zero-order valence-electron chi connectivity index (χ0n) is 12.5. The van der Waals surface area contributed by atoms with E-state index in [9.17, 15) is 4.79 Å². The van der Waals surface area contributed by atoms with E-state index in [0.29, 0.717) is 11.0 Å². The van der Waals surface area contributed by atoms with Gasteiger partial charge in [-0.3, -0.25) is 10.1 Å². The van der Waals surface area contributed by atoms with Crippen LogP contribution in [0, 0.1) is 11.3 Å². The van der Waals surface area contributed by atoms with E-state index in [1.807, 2.05) is 0 Å². The molecule has 0 bridgehead atoms. The Kier molecular flexibility index (Phi) is 5.10. The van der Waals surface area contributed by atoms with Crippen LogP contribution in [0.2, 0.25) is 0 Å². The average molecular weight is 296 g/mol. The van der Waals surface area contributed by atoms with E-state index in [0.717, 1.165) is 43.8 Å². The molecule has 1 aliphatic heterocycles. The molecule has 1 amide bonds. The Morgan fingerprint density at radius 3 is 2.90 bits per heavy atom. The second kappa shape index (κ2) is 6.63. The van der Waals surface area contributed by atoms with Crippen LogP contribution in [0.5, 0.6) is 0 Å². The lowest BCUT2D eigenvalue weighted by molar-refractivity contribution is -0.126. The van der Waals surface area contributed by atoms with Gasteiger partial charge in [0.05, 0.1) is 5.41 Å². The molecule has 1 atom stereocenters. The van der Waals surface area contributed by atoms with Gasteiger partial charge in [0.2, 0.25) is 11.0 Å². The van der Waals surface area contributed by atoms with Crippen molar-refractivity contribution < 1.29 is 4.79 Å². The van der Waals surface area contributed by atoms with Gasteiger partial charge in [-0.25, -0.2) is 0 Å². The maximum absolute atomic E-state index is 12.5. The van der Waals surface area contributed by atoms with Gasteiger partial charge in [-0.1, -0.05) is 32.1 Å². The van der Waals surface area contributed by atoms with E-state index >= 15 is 0 Å². The second-order valence-corrected chi connectivity index (χ2v) is 7.03. The summed E-state index contributed by atoms with van der Waals surface area (Å²) >= 11 is 1.49. The summed E-state index contributed by atoms with van der Waals surface area (Å²) in [4.78, 5) is 12.5. The Morgan fingerprint density at radius 2 is 2.30 bits per heavy atom. The fourth-order valence-corrected chi connectivity index (χ4v) is 3.54. The predicted octanol–water partition coefficient (Wildman–Crippen LogP) is 2.45. The van der Waals surface area contributed by atoms with Crippen LogP contribution < -0.4 is 10.6 Å². The Morgan fingerprint density at radius 1 is 1.50 bits per heavy atom.